The molecule has 2 aromatic carbocycles. The Kier molecular flexibility index (Phi) is 6.64. The first kappa shape index (κ1) is 15.9. The highest BCUT2D eigenvalue weighted by molar-refractivity contribution is 8.00. The van der Waals surface area contributed by atoms with Crippen LogP contribution in [0, 0.1) is 0 Å². The minimum atomic E-state index is 0.0722. The monoisotopic (exact) mass is 319 g/mol. The zero-order chi connectivity index (χ0) is 14.9. The van der Waals surface area contributed by atoms with Crippen molar-refractivity contribution < 1.29 is 4.79 Å². The smallest absolute Gasteiger partial charge is 0.230 e. The molecule has 0 saturated carbocycles. The number of benzene rings is 2. The number of rotatable bonds is 7. The summed E-state index contributed by atoms with van der Waals surface area (Å²) in [7, 11) is 0. The van der Waals surface area contributed by atoms with Gasteiger partial charge in [-0.1, -0.05) is 41.9 Å². The van der Waals surface area contributed by atoms with Gasteiger partial charge in [0, 0.05) is 16.5 Å². The number of carbonyl (C=O) groups is 1. The first-order chi connectivity index (χ1) is 10.2. The van der Waals surface area contributed by atoms with Gasteiger partial charge in [-0.05, 0) is 42.7 Å². The van der Waals surface area contributed by atoms with Crippen LogP contribution in [-0.4, -0.2) is 18.2 Å². The van der Waals surface area contributed by atoms with E-state index < -0.39 is 0 Å². The SMILES string of the molecule is O=C(CSc1ccc(Cl)cc1)NCCCc1ccccc1. The van der Waals surface area contributed by atoms with E-state index in [1.54, 1.807) is 0 Å². The molecule has 4 heteroatoms. The van der Waals surface area contributed by atoms with E-state index in [1.807, 2.05) is 42.5 Å². The lowest BCUT2D eigenvalue weighted by Crippen LogP contribution is -2.26. The normalized spacial score (nSPS) is 10.3. The Labute approximate surface area is 134 Å². The second-order valence-corrected chi connectivity index (χ2v) is 6.17. The van der Waals surface area contributed by atoms with Crippen LogP contribution in [0.5, 0.6) is 0 Å². The summed E-state index contributed by atoms with van der Waals surface area (Å²) >= 11 is 7.34. The van der Waals surface area contributed by atoms with Crippen LogP contribution in [0.3, 0.4) is 0 Å². The highest BCUT2D eigenvalue weighted by atomic mass is 35.5. The predicted molar refractivity (Wildman–Crippen MR) is 89.9 cm³/mol. The maximum atomic E-state index is 11.7. The Morgan fingerprint density at radius 2 is 1.76 bits per heavy atom. The number of aryl methyl sites for hydroxylation is 1. The van der Waals surface area contributed by atoms with Gasteiger partial charge in [0.2, 0.25) is 5.91 Å². The summed E-state index contributed by atoms with van der Waals surface area (Å²) in [5.74, 6) is 0.510. The largest absolute Gasteiger partial charge is 0.355 e. The maximum Gasteiger partial charge on any atom is 0.230 e. The van der Waals surface area contributed by atoms with Crippen molar-refractivity contribution in [3.63, 3.8) is 0 Å². The molecule has 0 aromatic heterocycles. The van der Waals surface area contributed by atoms with Crippen LogP contribution in [0.1, 0.15) is 12.0 Å². The van der Waals surface area contributed by atoms with Gasteiger partial charge in [-0.3, -0.25) is 4.79 Å². The number of amides is 1. The minimum Gasteiger partial charge on any atom is -0.355 e. The topological polar surface area (TPSA) is 29.1 Å². The van der Waals surface area contributed by atoms with Crippen LogP contribution in [0.2, 0.25) is 5.02 Å². The van der Waals surface area contributed by atoms with E-state index in [-0.39, 0.29) is 5.91 Å². The molecule has 110 valence electrons. The summed E-state index contributed by atoms with van der Waals surface area (Å²) in [6.07, 6.45) is 1.95. The van der Waals surface area contributed by atoms with E-state index in [4.69, 9.17) is 11.6 Å². The highest BCUT2D eigenvalue weighted by Crippen LogP contribution is 2.19. The van der Waals surface area contributed by atoms with Crippen LogP contribution in [0.25, 0.3) is 0 Å². The van der Waals surface area contributed by atoms with E-state index in [0.29, 0.717) is 10.8 Å². The zero-order valence-corrected chi connectivity index (χ0v) is 13.3. The van der Waals surface area contributed by atoms with Crippen molar-refractivity contribution in [1.29, 1.82) is 0 Å². The molecule has 2 rings (SSSR count). The summed E-state index contributed by atoms with van der Waals surface area (Å²) in [6, 6.07) is 17.8. The molecule has 2 aromatic rings. The maximum absolute atomic E-state index is 11.7. The molecule has 0 bridgehead atoms. The van der Waals surface area contributed by atoms with Crippen molar-refractivity contribution in [3.8, 4) is 0 Å². The van der Waals surface area contributed by atoms with Crippen molar-refractivity contribution in [3.05, 3.63) is 65.2 Å². The third-order valence-corrected chi connectivity index (χ3v) is 4.25. The van der Waals surface area contributed by atoms with Crippen LogP contribution in [0.4, 0.5) is 0 Å². The van der Waals surface area contributed by atoms with Crippen LogP contribution in [0.15, 0.2) is 59.5 Å². The molecule has 2 nitrogen and oxygen atoms in total. The first-order valence-electron chi connectivity index (χ1n) is 6.93. The number of hydrogen-bond acceptors (Lipinski definition) is 2. The van der Waals surface area contributed by atoms with Crippen LogP contribution in [-0.2, 0) is 11.2 Å². The third kappa shape index (κ3) is 6.23. The highest BCUT2D eigenvalue weighted by Gasteiger charge is 2.02. The standard InChI is InChI=1S/C17H18ClNOS/c18-15-8-10-16(11-9-15)21-13-17(20)19-12-4-7-14-5-2-1-3-6-14/h1-3,5-6,8-11H,4,7,12-13H2,(H,19,20). The lowest BCUT2D eigenvalue weighted by molar-refractivity contribution is -0.118. The van der Waals surface area contributed by atoms with Gasteiger partial charge in [-0.25, -0.2) is 0 Å². The molecule has 0 fully saturated rings. The third-order valence-electron chi connectivity index (χ3n) is 2.99. The lowest BCUT2D eigenvalue weighted by Gasteiger charge is -2.05. The van der Waals surface area contributed by atoms with Crippen LogP contribution >= 0.6 is 23.4 Å². The number of carbonyl (C=O) groups excluding carboxylic acids is 1. The van der Waals surface area contributed by atoms with E-state index in [0.717, 1.165) is 24.3 Å². The number of thioether (sulfide) groups is 1. The quantitative estimate of drug-likeness (QED) is 0.612. The Morgan fingerprint density at radius 1 is 1.05 bits per heavy atom. The molecule has 0 atom stereocenters. The Hall–Kier alpha value is -1.45. The fourth-order valence-electron chi connectivity index (χ4n) is 1.90. The average Bonchev–Trinajstić information content (AvgIpc) is 2.52. The molecule has 21 heavy (non-hydrogen) atoms. The van der Waals surface area contributed by atoms with E-state index in [2.05, 4.69) is 17.4 Å². The molecule has 0 radical (unpaired) electrons. The molecular weight excluding hydrogens is 302 g/mol. The number of nitrogens with one attached hydrogen (secondary N) is 1. The van der Waals surface area contributed by atoms with Gasteiger partial charge in [-0.2, -0.15) is 0 Å². The Balaban J connectivity index is 1.60. The van der Waals surface area contributed by atoms with Crippen molar-refractivity contribution in [2.75, 3.05) is 12.3 Å². The summed E-state index contributed by atoms with van der Waals surface area (Å²) in [6.45, 7) is 0.717. The van der Waals surface area contributed by atoms with Gasteiger partial charge >= 0.3 is 0 Å². The van der Waals surface area contributed by atoms with E-state index in [9.17, 15) is 4.79 Å². The van der Waals surface area contributed by atoms with Crippen LogP contribution < -0.4 is 5.32 Å². The van der Waals surface area contributed by atoms with Crippen molar-refractivity contribution in [2.45, 2.75) is 17.7 Å². The fourth-order valence-corrected chi connectivity index (χ4v) is 2.75. The molecule has 1 N–H and O–H groups in total. The molecule has 0 aliphatic heterocycles. The average molecular weight is 320 g/mol. The minimum absolute atomic E-state index is 0.0722. The number of halogens is 1. The molecule has 0 aliphatic rings. The second-order valence-electron chi connectivity index (χ2n) is 4.68. The molecular formula is C17H18ClNOS. The van der Waals surface area contributed by atoms with Crippen molar-refractivity contribution >= 4 is 29.3 Å². The molecule has 0 saturated heterocycles. The second kappa shape index (κ2) is 8.75. The van der Waals surface area contributed by atoms with E-state index >= 15 is 0 Å². The number of hydrogen-bond donors (Lipinski definition) is 1. The first-order valence-corrected chi connectivity index (χ1v) is 8.29. The van der Waals surface area contributed by atoms with Crippen molar-refractivity contribution in [1.82, 2.24) is 5.32 Å². The molecule has 0 aliphatic carbocycles. The fraction of sp³-hybridized carbons (Fsp3) is 0.235. The molecule has 0 unspecified atom stereocenters. The summed E-state index contributed by atoms with van der Waals surface area (Å²) in [4.78, 5) is 12.8. The summed E-state index contributed by atoms with van der Waals surface area (Å²) < 4.78 is 0. The molecule has 0 heterocycles. The van der Waals surface area contributed by atoms with Gasteiger partial charge in [0.05, 0.1) is 5.75 Å². The van der Waals surface area contributed by atoms with Gasteiger partial charge in [-0.15, -0.1) is 11.8 Å². The van der Waals surface area contributed by atoms with Gasteiger partial charge in [0.15, 0.2) is 0 Å². The van der Waals surface area contributed by atoms with Crippen molar-refractivity contribution in [2.24, 2.45) is 0 Å². The van der Waals surface area contributed by atoms with Gasteiger partial charge in [0.25, 0.3) is 0 Å². The molecule has 0 spiro atoms. The summed E-state index contributed by atoms with van der Waals surface area (Å²) in [5.41, 5.74) is 1.31. The zero-order valence-electron chi connectivity index (χ0n) is 11.7. The Morgan fingerprint density at radius 3 is 2.48 bits per heavy atom. The van der Waals surface area contributed by atoms with Gasteiger partial charge in [0.1, 0.15) is 0 Å². The summed E-state index contributed by atoms with van der Waals surface area (Å²) in [5, 5.41) is 3.66. The predicted octanol–water partition coefficient (Wildman–Crippen LogP) is 4.18. The van der Waals surface area contributed by atoms with Gasteiger partial charge < -0.3 is 5.32 Å². The van der Waals surface area contributed by atoms with E-state index in [1.165, 1.54) is 17.3 Å². The Bertz CT molecular complexity index is 557. The lowest BCUT2D eigenvalue weighted by atomic mass is 10.1. The molecule has 1 amide bonds.